The zero-order valence-corrected chi connectivity index (χ0v) is 35.6. The average Bonchev–Trinajstić information content (AvgIpc) is 3.68. The third-order valence-electron chi connectivity index (χ3n) is 10.2. The van der Waals surface area contributed by atoms with Crippen molar-refractivity contribution < 1.29 is 73.8 Å². The number of thioether (sulfide) groups is 1. The van der Waals surface area contributed by atoms with Crippen LogP contribution in [-0.4, -0.2) is 144 Å². The molecule has 6 rings (SSSR count). The van der Waals surface area contributed by atoms with Crippen LogP contribution in [0.4, 0.5) is 5.69 Å². The number of β-lactam (4-membered cyclic amide) rings is 1. The molecule has 0 aliphatic carbocycles. The molecular formula is C41H42ClN7O15S. The van der Waals surface area contributed by atoms with Crippen LogP contribution in [0.25, 0.3) is 0 Å². The standard InChI is InChI=1S/C41H42ClN7O15S/c1-19-28(47-37(64-19)22-10-7-11-26(51)32(22)53)35(56)45-25(34(55)43-12-5-6-13-48(62)18-50)16-63-41(61)23-14-21(15-27(52)33(23)54)44-29(20-8-3-2-4-9-20)36(57)46-30-38(58)49-31(40(59)60)24(42)17-65-39(30)49/h2-4,7-11,14-15,18-19,25,28-30,39,44,51-54,62H,5-6,12-13,16-17H2,1H3,(H,43,55)(H,45,56)(H,46,57)(H,59,60)/t19-,25+,28+,29-,30-,39-/m1/s1. The van der Waals surface area contributed by atoms with E-state index in [1.54, 1.807) is 30.3 Å². The number of aliphatic imine (C=N–C) groups is 1. The molecule has 10 N–H and O–H groups in total. The van der Waals surface area contributed by atoms with Crippen LogP contribution in [-0.2, 0) is 38.2 Å². The van der Waals surface area contributed by atoms with Crippen molar-refractivity contribution in [1.82, 2.24) is 25.9 Å². The molecular weight excluding hydrogens is 898 g/mol. The van der Waals surface area contributed by atoms with Gasteiger partial charge in [0, 0.05) is 30.6 Å². The maximum Gasteiger partial charge on any atom is 0.353 e. The molecule has 1 saturated heterocycles. The molecule has 0 spiro atoms. The molecule has 22 nitrogen and oxygen atoms in total. The van der Waals surface area contributed by atoms with Gasteiger partial charge in [0.15, 0.2) is 29.0 Å². The van der Waals surface area contributed by atoms with Crippen LogP contribution >= 0.6 is 23.4 Å². The van der Waals surface area contributed by atoms with Crippen molar-refractivity contribution in [2.24, 2.45) is 4.99 Å². The number of carbonyl (C=O) groups excluding carboxylic acids is 6. The number of benzene rings is 3. The number of unbranched alkanes of at least 4 members (excludes halogenated alkanes) is 1. The van der Waals surface area contributed by atoms with E-state index in [1.165, 1.54) is 25.1 Å². The number of carboxylic acids is 1. The number of aliphatic carboxylic acids is 1. The lowest BCUT2D eigenvalue weighted by atomic mass is 10.0. The van der Waals surface area contributed by atoms with Crippen molar-refractivity contribution >= 4 is 76.9 Å². The highest BCUT2D eigenvalue weighted by Crippen LogP contribution is 2.42. The van der Waals surface area contributed by atoms with E-state index >= 15 is 0 Å². The van der Waals surface area contributed by atoms with E-state index in [9.17, 15) is 64.3 Å². The summed E-state index contributed by atoms with van der Waals surface area (Å²) in [5.41, 5.74) is -0.777. The van der Waals surface area contributed by atoms with Gasteiger partial charge >= 0.3 is 11.9 Å². The fraction of sp³-hybridized carbons (Fsp3) is 0.317. The number of para-hydroxylation sites is 1. The summed E-state index contributed by atoms with van der Waals surface area (Å²) in [5.74, 6) is -8.76. The molecule has 3 heterocycles. The van der Waals surface area contributed by atoms with Gasteiger partial charge in [-0.2, -0.15) is 0 Å². The lowest BCUT2D eigenvalue weighted by Gasteiger charge is -2.49. The highest BCUT2D eigenvalue weighted by molar-refractivity contribution is 8.00. The Hall–Kier alpha value is -7.24. The normalized spacial score (nSPS) is 19.6. The van der Waals surface area contributed by atoms with Crippen molar-refractivity contribution in [2.75, 3.05) is 30.8 Å². The topological polar surface area (TPSA) is 326 Å². The van der Waals surface area contributed by atoms with E-state index in [-0.39, 0.29) is 66.0 Å². The maximum atomic E-state index is 13.9. The molecule has 0 aromatic heterocycles. The van der Waals surface area contributed by atoms with Crippen LogP contribution in [0.3, 0.4) is 0 Å². The van der Waals surface area contributed by atoms with Crippen molar-refractivity contribution in [3.05, 3.63) is 88.1 Å². The van der Waals surface area contributed by atoms with E-state index in [0.717, 1.165) is 28.8 Å². The number of phenolic OH excluding ortho intramolecular Hbond substituents is 4. The molecule has 3 aromatic rings. The number of carboxylic acid groups (broad SMARTS) is 1. The number of amides is 5. The third-order valence-corrected chi connectivity index (χ3v) is 12.0. The summed E-state index contributed by atoms with van der Waals surface area (Å²) < 4.78 is 11.1. The molecule has 0 unspecified atom stereocenters. The number of fused-ring (bicyclic) bond motifs is 1. The molecule has 5 amide bonds. The van der Waals surface area contributed by atoms with Gasteiger partial charge in [-0.1, -0.05) is 48.0 Å². The number of hydrogen-bond donors (Lipinski definition) is 10. The Bertz CT molecular complexity index is 2440. The number of hydroxylamine groups is 2. The number of nitrogens with one attached hydrogen (secondary N) is 4. The van der Waals surface area contributed by atoms with Crippen molar-refractivity contribution in [2.45, 2.75) is 55.4 Å². The van der Waals surface area contributed by atoms with Gasteiger partial charge in [-0.3, -0.25) is 34.1 Å². The number of hydrogen-bond acceptors (Lipinski definition) is 17. The van der Waals surface area contributed by atoms with Crippen molar-refractivity contribution in [3.63, 3.8) is 0 Å². The monoisotopic (exact) mass is 939 g/mol. The van der Waals surface area contributed by atoms with Crippen LogP contribution in [0.1, 0.15) is 47.3 Å². The Kier molecular flexibility index (Phi) is 14.9. The first-order chi connectivity index (χ1) is 31.0. The van der Waals surface area contributed by atoms with Crippen molar-refractivity contribution in [3.8, 4) is 23.0 Å². The minimum Gasteiger partial charge on any atom is -0.504 e. The summed E-state index contributed by atoms with van der Waals surface area (Å²) in [4.78, 5) is 95.4. The van der Waals surface area contributed by atoms with E-state index in [0.29, 0.717) is 10.6 Å². The Morgan fingerprint density at radius 2 is 1.75 bits per heavy atom. The van der Waals surface area contributed by atoms with Gasteiger partial charge in [0.2, 0.25) is 30.0 Å². The number of halogens is 1. The summed E-state index contributed by atoms with van der Waals surface area (Å²) >= 11 is 7.23. The van der Waals surface area contributed by atoms with E-state index in [2.05, 4.69) is 26.3 Å². The minimum absolute atomic E-state index is 0.00612. The molecule has 3 aliphatic heterocycles. The lowest BCUT2D eigenvalue weighted by molar-refractivity contribution is -0.150. The van der Waals surface area contributed by atoms with Crippen molar-refractivity contribution in [1.29, 1.82) is 0 Å². The third kappa shape index (κ3) is 10.6. The number of phenols is 4. The predicted molar refractivity (Wildman–Crippen MR) is 228 cm³/mol. The van der Waals surface area contributed by atoms with Gasteiger partial charge in [0.25, 0.3) is 5.91 Å². The van der Waals surface area contributed by atoms with Crippen LogP contribution in [0.15, 0.2) is 76.4 Å². The van der Waals surface area contributed by atoms with Gasteiger partial charge in [-0.15, -0.1) is 11.8 Å². The van der Waals surface area contributed by atoms with Gasteiger partial charge < -0.3 is 56.3 Å². The molecule has 3 aromatic carbocycles. The quantitative estimate of drug-likeness (QED) is 0.0118. The Morgan fingerprint density at radius 3 is 2.46 bits per heavy atom. The number of ether oxygens (including phenoxy) is 2. The number of rotatable bonds is 19. The molecule has 6 atom stereocenters. The highest BCUT2D eigenvalue weighted by atomic mass is 35.5. The Morgan fingerprint density at radius 1 is 1.02 bits per heavy atom. The summed E-state index contributed by atoms with van der Waals surface area (Å²) in [6.45, 7) is 0.602. The minimum atomic E-state index is -1.61. The molecule has 24 heteroatoms. The summed E-state index contributed by atoms with van der Waals surface area (Å²) in [6, 6.07) is 8.83. The number of nitrogens with zero attached hydrogens (tertiary/aromatic N) is 3. The van der Waals surface area contributed by atoms with Gasteiger partial charge in [-0.25, -0.2) is 19.6 Å². The first kappa shape index (κ1) is 47.2. The highest BCUT2D eigenvalue weighted by Gasteiger charge is 2.54. The molecule has 65 heavy (non-hydrogen) atoms. The largest absolute Gasteiger partial charge is 0.504 e. The predicted octanol–water partition coefficient (Wildman–Crippen LogP) is 1.22. The van der Waals surface area contributed by atoms with Gasteiger partial charge in [-0.05, 0) is 43.5 Å². The molecule has 344 valence electrons. The second kappa shape index (κ2) is 20.5. The second-order valence-electron chi connectivity index (χ2n) is 14.6. The number of aromatic hydroxyl groups is 4. The van der Waals surface area contributed by atoms with Crippen LogP contribution < -0.4 is 21.3 Å². The summed E-state index contributed by atoms with van der Waals surface area (Å²) in [6.07, 6.45) is -0.185. The SMILES string of the molecule is C[C@H]1OC(c2cccc(O)c2O)=N[C@@H]1C(=O)N[C@@H](COC(=O)c1cc(N[C@@H](C(=O)N[C@@H]2C(=O)N3C(C(=O)O)=C(Cl)CS[C@H]23)c2ccccc2)cc(O)c1O)C(=O)NCCCCN(O)C=O. The first-order valence-corrected chi connectivity index (χ1v) is 21.1. The first-order valence-electron chi connectivity index (χ1n) is 19.7. The number of carbonyl (C=O) groups is 7. The van der Waals surface area contributed by atoms with E-state index in [4.69, 9.17) is 21.1 Å². The average molecular weight is 940 g/mol. The zero-order chi connectivity index (χ0) is 47.1. The number of esters is 1. The second-order valence-corrected chi connectivity index (χ2v) is 16.2. The molecule has 1 fully saturated rings. The summed E-state index contributed by atoms with van der Waals surface area (Å²) in [5, 5.41) is 70.9. The van der Waals surface area contributed by atoms with Gasteiger partial charge in [0.05, 0.1) is 10.6 Å². The Balaban J connectivity index is 1.18. The maximum absolute atomic E-state index is 13.9. The van der Waals surface area contributed by atoms with Crippen LogP contribution in [0, 0.1) is 0 Å². The fourth-order valence-electron chi connectivity index (χ4n) is 6.86. The van der Waals surface area contributed by atoms with E-state index in [1.807, 2.05) is 0 Å². The summed E-state index contributed by atoms with van der Waals surface area (Å²) in [7, 11) is 0. The van der Waals surface area contributed by atoms with E-state index < -0.39 is 106 Å². The molecule has 0 saturated carbocycles. The Labute approximate surface area is 377 Å². The van der Waals surface area contributed by atoms with Crippen LogP contribution in [0.5, 0.6) is 23.0 Å². The van der Waals surface area contributed by atoms with Gasteiger partial charge in [0.1, 0.15) is 47.5 Å². The van der Waals surface area contributed by atoms with Crippen LogP contribution in [0.2, 0.25) is 0 Å². The fourth-order valence-corrected chi connectivity index (χ4v) is 8.41. The molecule has 0 radical (unpaired) electrons. The molecule has 3 aliphatic rings. The molecule has 0 bridgehead atoms. The number of anilines is 1. The lowest BCUT2D eigenvalue weighted by Crippen LogP contribution is -2.70. The zero-order valence-electron chi connectivity index (χ0n) is 34.0. The smallest absolute Gasteiger partial charge is 0.353 e.